The highest BCUT2D eigenvalue weighted by Crippen LogP contribution is 2.27. The molecule has 128 valence electrons. The SMILES string of the molecule is COc1cccc(-c2nc(CCC(=O)NCc3ccncc3)cs2)c1. The Morgan fingerprint density at radius 1 is 1.24 bits per heavy atom. The highest BCUT2D eigenvalue weighted by Gasteiger charge is 2.08. The van der Waals surface area contributed by atoms with Crippen molar-refractivity contribution in [3.05, 3.63) is 65.4 Å². The van der Waals surface area contributed by atoms with E-state index in [1.165, 1.54) is 0 Å². The van der Waals surface area contributed by atoms with Gasteiger partial charge < -0.3 is 10.1 Å². The lowest BCUT2D eigenvalue weighted by Crippen LogP contribution is -2.23. The number of pyridine rings is 1. The average molecular weight is 353 g/mol. The summed E-state index contributed by atoms with van der Waals surface area (Å²) < 4.78 is 5.25. The van der Waals surface area contributed by atoms with E-state index in [-0.39, 0.29) is 5.91 Å². The average Bonchev–Trinajstić information content (AvgIpc) is 3.15. The number of benzene rings is 1. The minimum atomic E-state index is 0.0211. The summed E-state index contributed by atoms with van der Waals surface area (Å²) in [6.45, 7) is 0.521. The van der Waals surface area contributed by atoms with Gasteiger partial charge in [-0.25, -0.2) is 4.98 Å². The van der Waals surface area contributed by atoms with Crippen molar-refractivity contribution in [3.8, 4) is 16.3 Å². The summed E-state index contributed by atoms with van der Waals surface area (Å²) in [7, 11) is 1.65. The summed E-state index contributed by atoms with van der Waals surface area (Å²) in [4.78, 5) is 20.6. The zero-order chi connectivity index (χ0) is 17.5. The van der Waals surface area contributed by atoms with Crippen molar-refractivity contribution in [1.82, 2.24) is 15.3 Å². The summed E-state index contributed by atoms with van der Waals surface area (Å²) in [6, 6.07) is 11.6. The van der Waals surface area contributed by atoms with Gasteiger partial charge in [-0.3, -0.25) is 9.78 Å². The van der Waals surface area contributed by atoms with Crippen LogP contribution in [0.2, 0.25) is 0 Å². The van der Waals surface area contributed by atoms with Gasteiger partial charge in [-0.15, -0.1) is 11.3 Å². The summed E-state index contributed by atoms with van der Waals surface area (Å²) in [5, 5.41) is 5.86. The van der Waals surface area contributed by atoms with Crippen molar-refractivity contribution in [2.45, 2.75) is 19.4 Å². The Morgan fingerprint density at radius 3 is 2.88 bits per heavy atom. The van der Waals surface area contributed by atoms with E-state index in [1.807, 2.05) is 41.8 Å². The molecule has 25 heavy (non-hydrogen) atoms. The number of carbonyl (C=O) groups excluding carboxylic acids is 1. The van der Waals surface area contributed by atoms with Crippen LogP contribution in [-0.2, 0) is 17.8 Å². The molecule has 2 heterocycles. The van der Waals surface area contributed by atoms with E-state index in [9.17, 15) is 4.79 Å². The minimum absolute atomic E-state index is 0.0211. The summed E-state index contributed by atoms with van der Waals surface area (Å²) in [5.74, 6) is 0.831. The van der Waals surface area contributed by atoms with Crippen LogP contribution in [0, 0.1) is 0 Å². The Hall–Kier alpha value is -2.73. The van der Waals surface area contributed by atoms with E-state index in [2.05, 4.69) is 15.3 Å². The van der Waals surface area contributed by atoms with Gasteiger partial charge >= 0.3 is 0 Å². The number of aryl methyl sites for hydroxylation is 1. The van der Waals surface area contributed by atoms with E-state index >= 15 is 0 Å². The second kappa shape index (κ2) is 8.39. The van der Waals surface area contributed by atoms with Crippen molar-refractivity contribution in [2.75, 3.05) is 7.11 Å². The van der Waals surface area contributed by atoms with Crippen LogP contribution in [-0.4, -0.2) is 23.0 Å². The number of hydrogen-bond acceptors (Lipinski definition) is 5. The standard InChI is InChI=1S/C19H19N3O2S/c1-24-17-4-2-3-15(11-17)19-22-16(13-25-19)5-6-18(23)21-12-14-7-9-20-10-8-14/h2-4,7-11,13H,5-6,12H2,1H3,(H,21,23). The van der Waals surface area contributed by atoms with Crippen LogP contribution in [0.3, 0.4) is 0 Å². The minimum Gasteiger partial charge on any atom is -0.497 e. The van der Waals surface area contributed by atoms with Crippen molar-refractivity contribution >= 4 is 17.2 Å². The van der Waals surface area contributed by atoms with E-state index in [0.29, 0.717) is 19.4 Å². The van der Waals surface area contributed by atoms with E-state index in [1.54, 1.807) is 30.8 Å². The molecule has 3 rings (SSSR count). The van der Waals surface area contributed by atoms with Gasteiger partial charge in [0, 0.05) is 36.3 Å². The lowest BCUT2D eigenvalue weighted by Gasteiger charge is -2.04. The quantitative estimate of drug-likeness (QED) is 0.706. The molecule has 0 aliphatic rings. The second-order valence-electron chi connectivity index (χ2n) is 5.51. The third-order valence-corrected chi connectivity index (χ3v) is 4.66. The molecule has 0 unspecified atom stereocenters. The molecule has 6 heteroatoms. The molecule has 0 aliphatic carbocycles. The molecule has 1 amide bonds. The zero-order valence-corrected chi connectivity index (χ0v) is 14.8. The van der Waals surface area contributed by atoms with E-state index in [4.69, 9.17) is 4.74 Å². The molecule has 3 aromatic rings. The maximum absolute atomic E-state index is 12.0. The molecule has 5 nitrogen and oxygen atoms in total. The Bertz CT molecular complexity index is 833. The lowest BCUT2D eigenvalue weighted by molar-refractivity contribution is -0.121. The molecule has 0 aliphatic heterocycles. The lowest BCUT2D eigenvalue weighted by atomic mass is 10.2. The number of methoxy groups -OCH3 is 1. The van der Waals surface area contributed by atoms with Gasteiger partial charge in [0.25, 0.3) is 0 Å². The largest absolute Gasteiger partial charge is 0.497 e. The van der Waals surface area contributed by atoms with E-state index < -0.39 is 0 Å². The monoisotopic (exact) mass is 353 g/mol. The summed E-state index contributed by atoms with van der Waals surface area (Å²) in [5.41, 5.74) is 3.00. The fraction of sp³-hybridized carbons (Fsp3) is 0.211. The predicted octanol–water partition coefficient (Wildman–Crippen LogP) is 3.46. The number of nitrogens with one attached hydrogen (secondary N) is 1. The van der Waals surface area contributed by atoms with Crippen molar-refractivity contribution in [1.29, 1.82) is 0 Å². The summed E-state index contributed by atoms with van der Waals surface area (Å²) in [6.07, 6.45) is 4.49. The van der Waals surface area contributed by atoms with Crippen molar-refractivity contribution in [3.63, 3.8) is 0 Å². The van der Waals surface area contributed by atoms with Gasteiger partial charge in [0.2, 0.25) is 5.91 Å². The number of thiazole rings is 1. The Kier molecular flexibility index (Phi) is 5.74. The van der Waals surface area contributed by atoms with Gasteiger partial charge in [-0.05, 0) is 36.2 Å². The molecule has 0 bridgehead atoms. The molecular formula is C19H19N3O2S. The first kappa shape index (κ1) is 17.1. The molecule has 1 aromatic carbocycles. The number of amides is 1. The second-order valence-corrected chi connectivity index (χ2v) is 6.37. The first-order chi connectivity index (χ1) is 12.2. The number of hydrogen-bond donors (Lipinski definition) is 1. The van der Waals surface area contributed by atoms with Crippen LogP contribution in [0.5, 0.6) is 5.75 Å². The maximum atomic E-state index is 12.0. The third-order valence-electron chi connectivity index (χ3n) is 3.72. The number of aromatic nitrogens is 2. The highest BCUT2D eigenvalue weighted by molar-refractivity contribution is 7.13. The number of rotatable bonds is 7. The first-order valence-electron chi connectivity index (χ1n) is 7.99. The fourth-order valence-electron chi connectivity index (χ4n) is 2.34. The fourth-order valence-corrected chi connectivity index (χ4v) is 3.19. The maximum Gasteiger partial charge on any atom is 0.220 e. The molecule has 0 saturated carbocycles. The van der Waals surface area contributed by atoms with Crippen LogP contribution >= 0.6 is 11.3 Å². The van der Waals surface area contributed by atoms with Gasteiger partial charge in [0.05, 0.1) is 12.8 Å². The Balaban J connectivity index is 1.52. The van der Waals surface area contributed by atoms with Crippen molar-refractivity contribution in [2.24, 2.45) is 0 Å². The van der Waals surface area contributed by atoms with Gasteiger partial charge in [0.15, 0.2) is 0 Å². The predicted molar refractivity (Wildman–Crippen MR) is 98.5 cm³/mol. The number of nitrogens with zero attached hydrogens (tertiary/aromatic N) is 2. The van der Waals surface area contributed by atoms with E-state index in [0.717, 1.165) is 27.6 Å². The molecule has 1 N–H and O–H groups in total. The molecule has 0 fully saturated rings. The molecule has 2 aromatic heterocycles. The summed E-state index contributed by atoms with van der Waals surface area (Å²) >= 11 is 1.58. The van der Waals surface area contributed by atoms with Crippen molar-refractivity contribution < 1.29 is 9.53 Å². The molecule has 0 radical (unpaired) electrons. The normalized spacial score (nSPS) is 10.4. The van der Waals surface area contributed by atoms with Crippen LogP contribution in [0.25, 0.3) is 10.6 Å². The van der Waals surface area contributed by atoms with Crippen LogP contribution < -0.4 is 10.1 Å². The zero-order valence-electron chi connectivity index (χ0n) is 13.9. The molecule has 0 spiro atoms. The number of carbonyl (C=O) groups is 1. The van der Waals surface area contributed by atoms with Gasteiger partial charge in [-0.1, -0.05) is 12.1 Å². The number of ether oxygens (including phenoxy) is 1. The third kappa shape index (κ3) is 4.87. The van der Waals surface area contributed by atoms with Gasteiger partial charge in [-0.2, -0.15) is 0 Å². The highest BCUT2D eigenvalue weighted by atomic mass is 32.1. The van der Waals surface area contributed by atoms with Crippen LogP contribution in [0.4, 0.5) is 0 Å². The van der Waals surface area contributed by atoms with Crippen LogP contribution in [0.1, 0.15) is 17.7 Å². The topological polar surface area (TPSA) is 64.1 Å². The Labute approximate surface area is 150 Å². The van der Waals surface area contributed by atoms with Gasteiger partial charge in [0.1, 0.15) is 10.8 Å². The first-order valence-corrected chi connectivity index (χ1v) is 8.87. The molecule has 0 saturated heterocycles. The molecule has 0 atom stereocenters. The smallest absolute Gasteiger partial charge is 0.220 e. The van der Waals surface area contributed by atoms with Crippen LogP contribution in [0.15, 0.2) is 54.2 Å². The Morgan fingerprint density at radius 2 is 2.08 bits per heavy atom. The molecular weight excluding hydrogens is 334 g/mol.